The van der Waals surface area contributed by atoms with E-state index >= 15 is 0 Å². The highest BCUT2D eigenvalue weighted by molar-refractivity contribution is 7.16. The number of quaternary nitrogens is 1. The number of nitrogens with zero attached hydrogens (tertiary/aromatic N) is 3. The van der Waals surface area contributed by atoms with Gasteiger partial charge in [0.15, 0.2) is 0 Å². The molecule has 0 spiro atoms. The highest BCUT2D eigenvalue weighted by Crippen LogP contribution is 2.39. The maximum absolute atomic E-state index is 13.1. The number of halogens is 1. The van der Waals surface area contributed by atoms with Crippen molar-refractivity contribution in [3.63, 3.8) is 0 Å². The number of likely N-dealkylation sites (N-methyl/N-ethyl adjacent to an activating group) is 1. The number of rotatable bonds is 16. The van der Waals surface area contributed by atoms with Crippen LogP contribution in [0.5, 0.6) is 0 Å². The summed E-state index contributed by atoms with van der Waals surface area (Å²) < 4.78 is 6.73. The zero-order chi connectivity index (χ0) is 30.7. The molecule has 1 saturated heterocycles. The lowest BCUT2D eigenvalue weighted by molar-refractivity contribution is -0.929. The van der Waals surface area contributed by atoms with Crippen LogP contribution in [0, 0.1) is 12.3 Å². The van der Waals surface area contributed by atoms with Gasteiger partial charge in [0.2, 0.25) is 6.73 Å². The first-order valence-corrected chi connectivity index (χ1v) is 17.8. The molecule has 0 atom stereocenters. The minimum atomic E-state index is -0.428. The summed E-state index contributed by atoms with van der Waals surface area (Å²) in [4.78, 5) is 21.9. The van der Waals surface area contributed by atoms with E-state index < -0.39 is 5.41 Å². The number of hydrogen-bond acceptors (Lipinski definition) is 6. The summed E-state index contributed by atoms with van der Waals surface area (Å²) in [5.74, 6) is 0.996. The molecule has 1 N–H and O–H groups in total. The molecule has 0 radical (unpaired) electrons. The lowest BCUT2D eigenvalue weighted by Crippen LogP contribution is -3.00. The van der Waals surface area contributed by atoms with Gasteiger partial charge in [-0.2, -0.15) is 0 Å². The van der Waals surface area contributed by atoms with Crippen LogP contribution in [-0.4, -0.2) is 61.1 Å². The number of aryl methyl sites for hydroxylation is 1. The number of unbranched alkanes of at least 4 members (excludes halogenated alkanes) is 11. The lowest BCUT2D eigenvalue weighted by Gasteiger charge is -2.42. The topological polar surface area (TPSA) is 53.9 Å². The molecule has 8 heteroatoms. The first kappa shape index (κ1) is 36.4. The van der Waals surface area contributed by atoms with Crippen LogP contribution in [-0.2, 0) is 9.53 Å². The van der Waals surface area contributed by atoms with Crippen LogP contribution in [0.25, 0.3) is 0 Å². The third-order valence-corrected chi connectivity index (χ3v) is 10.3. The predicted octanol–water partition coefficient (Wildman–Crippen LogP) is 6.58. The summed E-state index contributed by atoms with van der Waals surface area (Å²) in [6.07, 6.45) is 16.9. The number of para-hydroxylation sites is 2. The van der Waals surface area contributed by atoms with Crippen molar-refractivity contribution >= 4 is 39.5 Å². The molecule has 0 bridgehead atoms. The second-order valence-corrected chi connectivity index (χ2v) is 15.1. The van der Waals surface area contributed by atoms with Crippen LogP contribution in [0.1, 0.15) is 115 Å². The molecular weight excluding hydrogens is 588 g/mol. The first-order chi connectivity index (χ1) is 20.7. The number of thiophene rings is 1. The van der Waals surface area contributed by atoms with E-state index in [1.807, 2.05) is 6.07 Å². The summed E-state index contributed by atoms with van der Waals surface area (Å²) in [6.45, 7) is 12.6. The Hall–Kier alpha value is -2.09. The molecule has 6 nitrogen and oxygen atoms in total. The number of esters is 1. The zero-order valence-corrected chi connectivity index (χ0v) is 29.6. The van der Waals surface area contributed by atoms with Crippen LogP contribution in [0.3, 0.4) is 0 Å². The fourth-order valence-electron chi connectivity index (χ4n) is 6.20. The number of nitrogens with one attached hydrogen (secondary N) is 1. The fourth-order valence-corrected chi connectivity index (χ4v) is 7.12. The monoisotopic (exact) mass is 644 g/mol. The molecule has 0 amide bonds. The minimum absolute atomic E-state index is 0. The summed E-state index contributed by atoms with van der Waals surface area (Å²) in [7, 11) is 2.22. The number of hydrogen-bond donors (Lipinski definition) is 1. The Morgan fingerprint density at radius 1 is 0.977 bits per heavy atom. The largest absolute Gasteiger partial charge is 1.00 e. The van der Waals surface area contributed by atoms with Crippen molar-refractivity contribution in [2.75, 3.05) is 45.3 Å². The van der Waals surface area contributed by atoms with Gasteiger partial charge >= 0.3 is 5.97 Å². The summed E-state index contributed by atoms with van der Waals surface area (Å²) in [5.41, 5.74) is 2.78. The van der Waals surface area contributed by atoms with Gasteiger partial charge < -0.3 is 27.4 Å². The van der Waals surface area contributed by atoms with Gasteiger partial charge in [0, 0.05) is 4.88 Å². The number of piperazine rings is 1. The first-order valence-electron chi connectivity index (χ1n) is 17.0. The minimum Gasteiger partial charge on any atom is -1.00 e. The zero-order valence-electron chi connectivity index (χ0n) is 28.1. The Morgan fingerprint density at radius 2 is 1.57 bits per heavy atom. The van der Waals surface area contributed by atoms with Gasteiger partial charge in [-0.3, -0.25) is 9.28 Å². The molecule has 1 fully saturated rings. The molecule has 2 aliphatic rings. The molecular formula is C36H57ClN4O2S. The highest BCUT2D eigenvalue weighted by atomic mass is 35.5. The molecule has 1 aromatic carbocycles. The highest BCUT2D eigenvalue weighted by Gasteiger charge is 2.36. The molecule has 2 aliphatic heterocycles. The Bertz CT molecular complexity index is 1200. The van der Waals surface area contributed by atoms with E-state index in [0.717, 1.165) is 65.7 Å². The fraction of sp³-hybridized carbons (Fsp3) is 0.667. The smallest absolute Gasteiger partial charge is 0.315 e. The standard InChI is InChI=1S/C36H57N4O2S.ClH/c1-6-7-8-9-10-11-12-13-14-15-16-19-22-36(3,4)35(41)42-28-40(5)25-23-39(24-26-40)33-30-27-29(2)43-34(30)38-32-21-18-17-20-31(32)37-33;/h17-18,20-21,27,38H,6-16,19,22-26,28H2,1-5H3;1H/q+1;/p-1. The van der Waals surface area contributed by atoms with Crippen LogP contribution in [0.4, 0.5) is 16.4 Å². The molecule has 4 rings (SSSR count). The van der Waals surface area contributed by atoms with Crippen LogP contribution in [0.2, 0.25) is 0 Å². The van der Waals surface area contributed by atoms with Crippen LogP contribution < -0.4 is 17.7 Å². The molecule has 0 aliphatic carbocycles. The van der Waals surface area contributed by atoms with E-state index in [-0.39, 0.29) is 18.4 Å². The van der Waals surface area contributed by atoms with E-state index in [0.29, 0.717) is 6.73 Å². The van der Waals surface area contributed by atoms with Gasteiger partial charge in [-0.05, 0) is 45.4 Å². The van der Waals surface area contributed by atoms with E-state index in [9.17, 15) is 4.79 Å². The molecule has 0 saturated carbocycles. The molecule has 3 heterocycles. The van der Waals surface area contributed by atoms with E-state index in [4.69, 9.17) is 9.73 Å². The Labute approximate surface area is 277 Å². The molecule has 246 valence electrons. The van der Waals surface area contributed by atoms with Gasteiger partial charge in [-0.1, -0.05) is 96.1 Å². The number of benzene rings is 1. The predicted molar refractivity (Wildman–Crippen MR) is 183 cm³/mol. The maximum Gasteiger partial charge on any atom is 0.315 e. The number of amidine groups is 1. The third-order valence-electron chi connectivity index (χ3n) is 9.31. The van der Waals surface area contributed by atoms with Crippen molar-refractivity contribution in [3.8, 4) is 0 Å². The lowest BCUT2D eigenvalue weighted by atomic mass is 9.87. The second-order valence-electron chi connectivity index (χ2n) is 13.8. The Kier molecular flexibility index (Phi) is 14.5. The van der Waals surface area contributed by atoms with Crippen molar-refractivity contribution in [3.05, 3.63) is 40.8 Å². The summed E-state index contributed by atoms with van der Waals surface area (Å²) in [5, 5.41) is 4.77. The number of fused-ring (bicyclic) bond motifs is 2. The Morgan fingerprint density at radius 3 is 2.20 bits per heavy atom. The summed E-state index contributed by atoms with van der Waals surface area (Å²) in [6, 6.07) is 10.5. The van der Waals surface area contributed by atoms with Gasteiger partial charge in [0.1, 0.15) is 10.8 Å². The number of carbonyl (C=O) groups is 1. The van der Waals surface area contributed by atoms with E-state index in [1.165, 1.54) is 81.1 Å². The molecule has 44 heavy (non-hydrogen) atoms. The van der Waals surface area contributed by atoms with E-state index in [2.05, 4.69) is 69.2 Å². The molecule has 1 aromatic heterocycles. The second kappa shape index (κ2) is 17.6. The van der Waals surface area contributed by atoms with Gasteiger partial charge in [0.25, 0.3) is 0 Å². The van der Waals surface area contributed by atoms with Gasteiger partial charge in [0.05, 0.1) is 55.6 Å². The van der Waals surface area contributed by atoms with Crippen molar-refractivity contribution < 1.29 is 26.4 Å². The number of ether oxygens (including phenoxy) is 1. The Balaban J connectivity index is 0.00000529. The van der Waals surface area contributed by atoms with Crippen molar-refractivity contribution in [1.29, 1.82) is 0 Å². The van der Waals surface area contributed by atoms with E-state index in [1.54, 1.807) is 11.3 Å². The van der Waals surface area contributed by atoms with Crippen molar-refractivity contribution in [2.24, 2.45) is 10.4 Å². The van der Waals surface area contributed by atoms with Gasteiger partial charge in [-0.25, -0.2) is 4.99 Å². The normalized spacial score (nSPS) is 15.8. The number of anilines is 2. The SMILES string of the molecule is CCCCCCCCCCCCCCC(C)(C)C(=O)OC[N+]1(C)CCN(C2=Nc3ccccc3Nc3sc(C)cc32)CC1.[Cl-]. The third kappa shape index (κ3) is 10.5. The van der Waals surface area contributed by atoms with Crippen LogP contribution >= 0.6 is 11.3 Å². The average Bonchev–Trinajstić information content (AvgIpc) is 3.28. The number of aliphatic imine (C=N–C) groups is 1. The van der Waals surface area contributed by atoms with Crippen molar-refractivity contribution in [2.45, 2.75) is 111 Å². The number of carbonyl (C=O) groups excluding carboxylic acids is 1. The quantitative estimate of drug-likeness (QED) is 0.128. The molecule has 0 unspecified atom stereocenters. The summed E-state index contributed by atoms with van der Waals surface area (Å²) >= 11 is 1.78. The molecule has 2 aromatic rings. The average molecular weight is 645 g/mol. The maximum atomic E-state index is 13.1. The van der Waals surface area contributed by atoms with Crippen LogP contribution in [0.15, 0.2) is 35.3 Å². The van der Waals surface area contributed by atoms with Gasteiger partial charge in [-0.15, -0.1) is 11.3 Å². The van der Waals surface area contributed by atoms with Crippen molar-refractivity contribution in [1.82, 2.24) is 4.90 Å².